The van der Waals surface area contributed by atoms with E-state index in [1.165, 1.54) is 24.8 Å². The molecule has 0 aliphatic heterocycles. The van der Waals surface area contributed by atoms with Crippen LogP contribution in [0, 0.1) is 11.8 Å². The molecule has 0 spiro atoms. The van der Waals surface area contributed by atoms with Crippen LogP contribution in [-0.2, 0) is 17.8 Å². The molecule has 0 atom stereocenters. The Morgan fingerprint density at radius 2 is 1.67 bits per heavy atom. The molecule has 0 bridgehead atoms. The van der Waals surface area contributed by atoms with Crippen molar-refractivity contribution in [1.29, 1.82) is 0 Å². The fourth-order valence-corrected chi connectivity index (χ4v) is 4.04. The molecular formula is C24H36F2O. The standard InChI is InChI=1S/C24H36F2O/c1-3-5-7-9-21-12-16-23(17-13-21)19-27-24(25,26)18-22-14-10-20(11-15-22)8-6-4-2/h4,12-13,16-17,20,22H,2-3,5-11,14-15,18-19H2,1H3/t20-,22-. The van der Waals surface area contributed by atoms with Gasteiger partial charge < -0.3 is 4.74 Å². The van der Waals surface area contributed by atoms with Crippen LogP contribution < -0.4 is 0 Å². The highest BCUT2D eigenvalue weighted by molar-refractivity contribution is 5.22. The maximum atomic E-state index is 14.2. The van der Waals surface area contributed by atoms with Gasteiger partial charge in [-0.2, -0.15) is 8.78 Å². The van der Waals surface area contributed by atoms with Crippen LogP contribution in [0.5, 0.6) is 0 Å². The van der Waals surface area contributed by atoms with Crippen LogP contribution in [0.2, 0.25) is 0 Å². The predicted molar refractivity (Wildman–Crippen MR) is 109 cm³/mol. The molecule has 1 aliphatic carbocycles. The minimum Gasteiger partial charge on any atom is -0.316 e. The molecule has 1 nitrogen and oxygen atoms in total. The SMILES string of the molecule is C=CCC[C@H]1CC[C@H](CC(F)(F)OCc2ccc(CCCCC)cc2)CC1. The van der Waals surface area contributed by atoms with Crippen LogP contribution in [0.4, 0.5) is 8.78 Å². The first-order chi connectivity index (χ1) is 13.0. The van der Waals surface area contributed by atoms with Crippen LogP contribution in [0.3, 0.4) is 0 Å². The Bertz CT molecular complexity index is 530. The number of hydrogen-bond donors (Lipinski definition) is 0. The number of alkyl halides is 2. The van der Waals surface area contributed by atoms with E-state index in [0.717, 1.165) is 50.5 Å². The van der Waals surface area contributed by atoms with Gasteiger partial charge in [0.25, 0.3) is 0 Å². The molecule has 1 aliphatic rings. The van der Waals surface area contributed by atoms with Crippen LogP contribution in [0.1, 0.15) is 82.3 Å². The number of hydrogen-bond acceptors (Lipinski definition) is 1. The average molecular weight is 379 g/mol. The van der Waals surface area contributed by atoms with Gasteiger partial charge >= 0.3 is 6.11 Å². The third-order valence-corrected chi connectivity index (χ3v) is 5.81. The largest absolute Gasteiger partial charge is 0.356 e. The first kappa shape index (κ1) is 22.1. The topological polar surface area (TPSA) is 9.23 Å². The van der Waals surface area contributed by atoms with Crippen molar-refractivity contribution >= 4 is 0 Å². The van der Waals surface area contributed by atoms with Gasteiger partial charge in [0.15, 0.2) is 0 Å². The summed E-state index contributed by atoms with van der Waals surface area (Å²) in [4.78, 5) is 0. The highest BCUT2D eigenvalue weighted by Crippen LogP contribution is 2.38. The number of aryl methyl sites for hydroxylation is 1. The Morgan fingerprint density at radius 1 is 1.04 bits per heavy atom. The summed E-state index contributed by atoms with van der Waals surface area (Å²) in [5, 5.41) is 0. The van der Waals surface area contributed by atoms with E-state index in [4.69, 9.17) is 4.74 Å². The molecule has 0 saturated heterocycles. The Hall–Kier alpha value is -1.22. The monoisotopic (exact) mass is 378 g/mol. The summed E-state index contributed by atoms with van der Waals surface area (Å²) in [6.07, 6.45) is 9.55. The Balaban J connectivity index is 1.70. The maximum absolute atomic E-state index is 14.2. The summed E-state index contributed by atoms with van der Waals surface area (Å²) in [7, 11) is 0. The summed E-state index contributed by atoms with van der Waals surface area (Å²) in [5.74, 6) is 0.769. The molecule has 0 amide bonds. The van der Waals surface area contributed by atoms with Gasteiger partial charge in [0.2, 0.25) is 0 Å². The summed E-state index contributed by atoms with van der Waals surface area (Å²) in [6.45, 7) is 5.93. The Labute approximate surface area is 164 Å². The van der Waals surface area contributed by atoms with Gasteiger partial charge in [-0.15, -0.1) is 6.58 Å². The first-order valence-electron chi connectivity index (χ1n) is 10.7. The van der Waals surface area contributed by atoms with E-state index < -0.39 is 6.11 Å². The second-order valence-electron chi connectivity index (χ2n) is 8.16. The number of rotatable bonds is 12. The smallest absolute Gasteiger partial charge is 0.316 e. The molecule has 0 N–H and O–H groups in total. The molecule has 3 heteroatoms. The van der Waals surface area contributed by atoms with E-state index in [1.54, 1.807) is 0 Å². The number of benzene rings is 1. The van der Waals surface area contributed by atoms with Crippen molar-refractivity contribution in [3.63, 3.8) is 0 Å². The van der Waals surface area contributed by atoms with Gasteiger partial charge in [-0.25, -0.2) is 0 Å². The number of halogens is 2. The summed E-state index contributed by atoms with van der Waals surface area (Å²) in [6, 6.07) is 7.92. The zero-order chi connectivity index (χ0) is 19.5. The predicted octanol–water partition coefficient (Wildman–Crippen LogP) is 7.69. The Morgan fingerprint density at radius 3 is 2.30 bits per heavy atom. The maximum Gasteiger partial charge on any atom is 0.356 e. The van der Waals surface area contributed by atoms with Gasteiger partial charge in [-0.05, 0) is 61.5 Å². The van der Waals surface area contributed by atoms with Crippen LogP contribution in [0.25, 0.3) is 0 Å². The van der Waals surface area contributed by atoms with Crippen molar-refractivity contribution in [1.82, 2.24) is 0 Å². The van der Waals surface area contributed by atoms with Gasteiger partial charge in [-0.3, -0.25) is 0 Å². The van der Waals surface area contributed by atoms with Gasteiger partial charge in [0.1, 0.15) is 0 Å². The van der Waals surface area contributed by atoms with E-state index in [-0.39, 0.29) is 18.9 Å². The zero-order valence-corrected chi connectivity index (χ0v) is 16.9. The third-order valence-electron chi connectivity index (χ3n) is 5.81. The first-order valence-corrected chi connectivity index (χ1v) is 10.7. The molecular weight excluding hydrogens is 342 g/mol. The fraction of sp³-hybridized carbons (Fsp3) is 0.667. The van der Waals surface area contributed by atoms with E-state index in [1.807, 2.05) is 30.3 Å². The molecule has 1 saturated carbocycles. The number of ether oxygens (including phenoxy) is 1. The van der Waals surface area contributed by atoms with Crippen LogP contribution >= 0.6 is 0 Å². The Kier molecular flexibility index (Phi) is 9.47. The van der Waals surface area contributed by atoms with Crippen molar-refractivity contribution in [2.75, 3.05) is 0 Å². The molecule has 0 unspecified atom stereocenters. The quantitative estimate of drug-likeness (QED) is 0.267. The third kappa shape index (κ3) is 8.55. The van der Waals surface area contributed by atoms with E-state index >= 15 is 0 Å². The van der Waals surface area contributed by atoms with Crippen molar-refractivity contribution < 1.29 is 13.5 Å². The molecule has 27 heavy (non-hydrogen) atoms. The highest BCUT2D eigenvalue weighted by atomic mass is 19.3. The number of unbranched alkanes of at least 4 members (excludes halogenated alkanes) is 2. The normalized spacial score (nSPS) is 20.6. The fourth-order valence-electron chi connectivity index (χ4n) is 4.04. The van der Waals surface area contributed by atoms with Crippen molar-refractivity contribution in [3.8, 4) is 0 Å². The molecule has 1 fully saturated rings. The van der Waals surface area contributed by atoms with Crippen LogP contribution in [-0.4, -0.2) is 6.11 Å². The second-order valence-corrected chi connectivity index (χ2v) is 8.16. The lowest BCUT2D eigenvalue weighted by atomic mass is 9.78. The molecule has 0 aromatic heterocycles. The minimum atomic E-state index is -3.03. The van der Waals surface area contributed by atoms with Gasteiger partial charge in [0.05, 0.1) is 6.61 Å². The van der Waals surface area contributed by atoms with E-state index in [0.29, 0.717) is 5.92 Å². The number of allylic oxidation sites excluding steroid dienone is 1. The highest BCUT2D eigenvalue weighted by Gasteiger charge is 2.35. The van der Waals surface area contributed by atoms with E-state index in [2.05, 4.69) is 13.5 Å². The lowest BCUT2D eigenvalue weighted by Crippen LogP contribution is -2.27. The second kappa shape index (κ2) is 11.6. The molecule has 152 valence electrons. The van der Waals surface area contributed by atoms with Gasteiger partial charge in [0, 0.05) is 6.42 Å². The average Bonchev–Trinajstić information content (AvgIpc) is 2.67. The lowest BCUT2D eigenvalue weighted by Gasteiger charge is -2.30. The van der Waals surface area contributed by atoms with Crippen molar-refractivity contribution in [2.45, 2.75) is 90.3 Å². The molecule has 1 aromatic rings. The summed E-state index contributed by atoms with van der Waals surface area (Å²) in [5.41, 5.74) is 2.09. The molecule has 0 radical (unpaired) electrons. The van der Waals surface area contributed by atoms with Crippen molar-refractivity contribution in [3.05, 3.63) is 48.0 Å². The lowest BCUT2D eigenvalue weighted by molar-refractivity contribution is -0.256. The van der Waals surface area contributed by atoms with Gasteiger partial charge in [-0.1, -0.05) is 62.9 Å². The minimum absolute atomic E-state index is 0.0169. The summed E-state index contributed by atoms with van der Waals surface area (Å²) >= 11 is 0. The van der Waals surface area contributed by atoms with E-state index in [9.17, 15) is 8.78 Å². The zero-order valence-electron chi connectivity index (χ0n) is 16.9. The van der Waals surface area contributed by atoms with Crippen LogP contribution in [0.15, 0.2) is 36.9 Å². The molecule has 2 rings (SSSR count). The summed E-state index contributed by atoms with van der Waals surface area (Å²) < 4.78 is 33.5. The van der Waals surface area contributed by atoms with Crippen molar-refractivity contribution in [2.24, 2.45) is 11.8 Å². The molecule has 0 heterocycles. The molecule has 1 aromatic carbocycles.